The molecule has 0 saturated heterocycles. The molecule has 3 rings (SSSR count). The molecule has 0 radical (unpaired) electrons. The molecule has 1 N–H and O–H groups in total. The number of carbonyl (C=O) groups excluding carboxylic acids is 1. The average molecular weight is 316 g/mol. The molecule has 0 spiro atoms. The first-order valence-corrected chi connectivity index (χ1v) is 8.64. The van der Waals surface area contributed by atoms with E-state index in [0.29, 0.717) is 12.3 Å². The van der Waals surface area contributed by atoms with Crippen molar-refractivity contribution in [2.75, 3.05) is 7.11 Å². The lowest BCUT2D eigenvalue weighted by Gasteiger charge is -2.38. The van der Waals surface area contributed by atoms with Crippen molar-refractivity contribution in [1.82, 2.24) is 0 Å². The largest absolute Gasteiger partial charge is 0.469 e. The van der Waals surface area contributed by atoms with Crippen LogP contribution in [-0.2, 0) is 9.53 Å². The van der Waals surface area contributed by atoms with Crippen LogP contribution in [0.4, 0.5) is 0 Å². The zero-order valence-corrected chi connectivity index (χ0v) is 14.6. The van der Waals surface area contributed by atoms with Crippen molar-refractivity contribution >= 4 is 5.97 Å². The molecule has 2 aliphatic rings. The quantitative estimate of drug-likeness (QED) is 0.855. The molecule has 0 aliphatic heterocycles. The first-order valence-electron chi connectivity index (χ1n) is 8.64. The van der Waals surface area contributed by atoms with E-state index in [1.54, 1.807) is 0 Å². The minimum absolute atomic E-state index is 0.0359. The summed E-state index contributed by atoms with van der Waals surface area (Å²) in [5.41, 5.74) is 1.00. The maximum Gasteiger partial charge on any atom is 0.309 e. The number of aliphatic hydroxyl groups excluding tert-OH is 1. The second-order valence-electron chi connectivity index (χ2n) is 8.11. The third-order valence-corrected chi connectivity index (χ3v) is 7.14. The molecule has 3 heteroatoms. The molecule has 3 nitrogen and oxygen atoms in total. The summed E-state index contributed by atoms with van der Waals surface area (Å²) in [4.78, 5) is 12.5. The van der Waals surface area contributed by atoms with Crippen molar-refractivity contribution in [1.29, 1.82) is 0 Å². The number of hydrogen-bond donors (Lipinski definition) is 1. The SMILES string of the molecule is COC(=O)[C@@H]1[C@H](C[C@H](O)c2ccccc2)[C@@H]2CC[C@@]1(C)C2(C)C. The van der Waals surface area contributed by atoms with Gasteiger partial charge in [-0.05, 0) is 47.5 Å². The number of carbonyl (C=O) groups is 1. The molecular formula is C20H28O3. The van der Waals surface area contributed by atoms with E-state index in [4.69, 9.17) is 4.74 Å². The predicted molar refractivity (Wildman–Crippen MR) is 89.6 cm³/mol. The van der Waals surface area contributed by atoms with Gasteiger partial charge in [0.2, 0.25) is 0 Å². The van der Waals surface area contributed by atoms with E-state index < -0.39 is 6.10 Å². The Labute approximate surface area is 139 Å². The van der Waals surface area contributed by atoms with Gasteiger partial charge in [0.1, 0.15) is 0 Å². The minimum Gasteiger partial charge on any atom is -0.469 e. The molecule has 23 heavy (non-hydrogen) atoms. The van der Waals surface area contributed by atoms with Crippen LogP contribution in [0, 0.1) is 28.6 Å². The highest BCUT2D eigenvalue weighted by Crippen LogP contribution is 2.71. The van der Waals surface area contributed by atoms with E-state index in [1.165, 1.54) is 7.11 Å². The van der Waals surface area contributed by atoms with Crippen LogP contribution in [0.3, 0.4) is 0 Å². The molecular weight excluding hydrogens is 288 g/mol. The van der Waals surface area contributed by atoms with E-state index >= 15 is 0 Å². The Morgan fingerprint density at radius 2 is 1.96 bits per heavy atom. The zero-order valence-electron chi connectivity index (χ0n) is 14.6. The first-order chi connectivity index (χ1) is 10.8. The lowest BCUT2D eigenvalue weighted by Crippen LogP contribution is -2.39. The predicted octanol–water partition coefficient (Wildman–Crippen LogP) is 3.97. The van der Waals surface area contributed by atoms with E-state index in [9.17, 15) is 9.90 Å². The highest BCUT2D eigenvalue weighted by atomic mass is 16.5. The number of fused-ring (bicyclic) bond motifs is 2. The normalized spacial score (nSPS) is 36.0. The van der Waals surface area contributed by atoms with Crippen molar-refractivity contribution in [2.45, 2.75) is 46.1 Å². The van der Waals surface area contributed by atoms with E-state index in [1.807, 2.05) is 30.3 Å². The van der Waals surface area contributed by atoms with Gasteiger partial charge in [0, 0.05) is 0 Å². The van der Waals surface area contributed by atoms with Gasteiger partial charge in [0.15, 0.2) is 0 Å². The van der Waals surface area contributed by atoms with Gasteiger partial charge in [-0.3, -0.25) is 4.79 Å². The van der Waals surface area contributed by atoms with Gasteiger partial charge in [-0.2, -0.15) is 0 Å². The minimum atomic E-state index is -0.521. The lowest BCUT2D eigenvalue weighted by molar-refractivity contribution is -0.153. The smallest absolute Gasteiger partial charge is 0.309 e. The van der Waals surface area contributed by atoms with E-state index in [2.05, 4.69) is 20.8 Å². The molecule has 0 heterocycles. The van der Waals surface area contributed by atoms with Crippen LogP contribution in [0.5, 0.6) is 0 Å². The Hall–Kier alpha value is -1.35. The van der Waals surface area contributed by atoms with E-state index in [-0.39, 0.29) is 28.6 Å². The Morgan fingerprint density at radius 1 is 1.30 bits per heavy atom. The van der Waals surface area contributed by atoms with Crippen LogP contribution in [0.25, 0.3) is 0 Å². The fourth-order valence-electron chi connectivity index (χ4n) is 5.50. The van der Waals surface area contributed by atoms with Crippen LogP contribution >= 0.6 is 0 Å². The third-order valence-electron chi connectivity index (χ3n) is 7.14. The van der Waals surface area contributed by atoms with E-state index in [0.717, 1.165) is 18.4 Å². The van der Waals surface area contributed by atoms with Crippen molar-refractivity contribution in [3.8, 4) is 0 Å². The van der Waals surface area contributed by atoms with Crippen molar-refractivity contribution in [2.24, 2.45) is 28.6 Å². The van der Waals surface area contributed by atoms with Crippen LogP contribution in [0.2, 0.25) is 0 Å². The molecule has 2 saturated carbocycles. The maximum absolute atomic E-state index is 12.5. The van der Waals surface area contributed by atoms with Crippen molar-refractivity contribution < 1.29 is 14.6 Å². The summed E-state index contributed by atoms with van der Waals surface area (Å²) in [6.45, 7) is 6.81. The summed E-state index contributed by atoms with van der Waals surface area (Å²) in [5.74, 6) is 0.439. The fourth-order valence-corrected chi connectivity index (χ4v) is 5.50. The standard InChI is InChI=1S/C20H28O3/c1-19(2)15-10-11-20(19,3)17(18(22)23-4)14(15)12-16(21)13-8-6-5-7-9-13/h5-9,14-17,21H,10-12H2,1-4H3/t14-,15+,16+,17+,20-/m1/s1. The van der Waals surface area contributed by atoms with Crippen molar-refractivity contribution in [3.63, 3.8) is 0 Å². The molecule has 1 aromatic rings. The Kier molecular flexibility index (Phi) is 4.04. The summed E-state index contributed by atoms with van der Waals surface area (Å²) in [6, 6.07) is 9.76. The lowest BCUT2D eigenvalue weighted by atomic mass is 9.65. The monoisotopic (exact) mass is 316 g/mol. The van der Waals surface area contributed by atoms with Crippen LogP contribution < -0.4 is 0 Å². The Bertz CT molecular complexity index is 580. The number of aliphatic hydroxyl groups is 1. The molecule has 0 unspecified atom stereocenters. The fraction of sp³-hybridized carbons (Fsp3) is 0.650. The number of hydrogen-bond acceptors (Lipinski definition) is 3. The van der Waals surface area contributed by atoms with Gasteiger partial charge >= 0.3 is 5.97 Å². The maximum atomic E-state index is 12.5. The van der Waals surface area contributed by atoms with Crippen LogP contribution in [0.15, 0.2) is 30.3 Å². The van der Waals surface area contributed by atoms with Crippen LogP contribution in [0.1, 0.15) is 51.7 Å². The molecule has 2 fully saturated rings. The topological polar surface area (TPSA) is 46.5 Å². The second-order valence-corrected chi connectivity index (χ2v) is 8.11. The van der Waals surface area contributed by atoms with Crippen LogP contribution in [-0.4, -0.2) is 18.2 Å². The Balaban J connectivity index is 1.90. The number of rotatable bonds is 4. The highest BCUT2D eigenvalue weighted by Gasteiger charge is 2.68. The number of ether oxygens (including phenoxy) is 1. The molecule has 126 valence electrons. The number of benzene rings is 1. The summed E-state index contributed by atoms with van der Waals surface area (Å²) in [5, 5.41) is 10.7. The molecule has 1 aromatic carbocycles. The van der Waals surface area contributed by atoms with Gasteiger partial charge in [-0.1, -0.05) is 51.1 Å². The molecule has 0 amide bonds. The van der Waals surface area contributed by atoms with Gasteiger partial charge < -0.3 is 9.84 Å². The summed E-state index contributed by atoms with van der Waals surface area (Å²) < 4.78 is 5.14. The zero-order chi connectivity index (χ0) is 16.8. The van der Waals surface area contributed by atoms with Gasteiger partial charge in [0.05, 0.1) is 19.1 Å². The number of esters is 1. The summed E-state index contributed by atoms with van der Waals surface area (Å²) in [6.07, 6.45) is 2.33. The molecule has 0 aromatic heterocycles. The van der Waals surface area contributed by atoms with Gasteiger partial charge in [-0.15, -0.1) is 0 Å². The second kappa shape index (κ2) is 5.62. The molecule has 2 bridgehead atoms. The average Bonchev–Trinajstić information content (AvgIpc) is 2.86. The molecule has 2 aliphatic carbocycles. The first kappa shape index (κ1) is 16.5. The Morgan fingerprint density at radius 3 is 2.57 bits per heavy atom. The van der Waals surface area contributed by atoms with Gasteiger partial charge in [0.25, 0.3) is 0 Å². The highest BCUT2D eigenvalue weighted by molar-refractivity contribution is 5.75. The number of methoxy groups -OCH3 is 1. The van der Waals surface area contributed by atoms with Crippen molar-refractivity contribution in [3.05, 3.63) is 35.9 Å². The summed E-state index contributed by atoms with van der Waals surface area (Å²) >= 11 is 0. The third kappa shape index (κ3) is 2.32. The molecule has 5 atom stereocenters. The van der Waals surface area contributed by atoms with Gasteiger partial charge in [-0.25, -0.2) is 0 Å². The summed E-state index contributed by atoms with van der Waals surface area (Å²) in [7, 11) is 1.48.